The maximum absolute atomic E-state index is 4.64. The molecule has 0 bridgehead atoms. The first kappa shape index (κ1) is 21.6. The third-order valence-electron chi connectivity index (χ3n) is 5.21. The van der Waals surface area contributed by atoms with Crippen LogP contribution in [0.4, 0.5) is 5.82 Å². The first-order valence-corrected chi connectivity index (χ1v) is 9.77. The van der Waals surface area contributed by atoms with E-state index in [2.05, 4.69) is 63.3 Å². The topological polar surface area (TPSA) is 44.3 Å². The quantitative estimate of drug-likeness (QED) is 0.785. The molecule has 3 heterocycles. The summed E-state index contributed by atoms with van der Waals surface area (Å²) in [5.41, 5.74) is 2.41. The van der Waals surface area contributed by atoms with E-state index >= 15 is 0 Å². The van der Waals surface area contributed by atoms with Crippen molar-refractivity contribution in [3.63, 3.8) is 0 Å². The third kappa shape index (κ3) is 6.45. The van der Waals surface area contributed by atoms with Crippen LogP contribution in [0.3, 0.4) is 0 Å². The molecule has 0 aromatic carbocycles. The van der Waals surface area contributed by atoms with E-state index < -0.39 is 0 Å². The van der Waals surface area contributed by atoms with Crippen LogP contribution < -0.4 is 10.2 Å². The molecule has 6 heteroatoms. The number of nitrogens with zero attached hydrogens (tertiary/aromatic N) is 4. The second-order valence-corrected chi connectivity index (χ2v) is 7.10. The molecule has 2 aromatic heterocycles. The average Bonchev–Trinajstić information content (AvgIpc) is 2.98. The van der Waals surface area contributed by atoms with E-state index in [1.807, 2.05) is 18.5 Å². The minimum Gasteiger partial charge on any atom is -0.360 e. The molecule has 1 unspecified atom stereocenters. The van der Waals surface area contributed by atoms with E-state index in [9.17, 15) is 0 Å². The Hall–Kier alpha value is -1.69. The molecule has 0 amide bonds. The normalized spacial score (nSPS) is 17.2. The number of aromatic nitrogens is 2. The predicted molar refractivity (Wildman–Crippen MR) is 114 cm³/mol. The summed E-state index contributed by atoms with van der Waals surface area (Å²) < 4.78 is 0. The van der Waals surface area contributed by atoms with Crippen molar-refractivity contribution in [1.82, 2.24) is 20.2 Å². The molecule has 1 N–H and O–H groups in total. The number of hydrogen-bond acceptors (Lipinski definition) is 5. The number of nitrogens with one attached hydrogen (secondary N) is 1. The molecular formula is C21H32ClN5. The number of anilines is 1. The van der Waals surface area contributed by atoms with E-state index in [1.165, 1.54) is 24.8 Å². The second kappa shape index (κ2) is 11.2. The average molecular weight is 390 g/mol. The van der Waals surface area contributed by atoms with Gasteiger partial charge in [0.05, 0.1) is 5.69 Å². The fourth-order valence-electron chi connectivity index (χ4n) is 3.51. The van der Waals surface area contributed by atoms with Crippen molar-refractivity contribution in [1.29, 1.82) is 0 Å². The van der Waals surface area contributed by atoms with Gasteiger partial charge in [0, 0.05) is 45.1 Å². The summed E-state index contributed by atoms with van der Waals surface area (Å²) in [6.45, 7) is 7.15. The highest BCUT2D eigenvalue weighted by atomic mass is 35.5. The van der Waals surface area contributed by atoms with Crippen molar-refractivity contribution in [2.24, 2.45) is 0 Å². The Morgan fingerprint density at radius 2 is 1.96 bits per heavy atom. The molecule has 0 spiro atoms. The number of pyridine rings is 2. The summed E-state index contributed by atoms with van der Waals surface area (Å²) in [6, 6.07) is 11.1. The molecule has 1 aliphatic heterocycles. The van der Waals surface area contributed by atoms with Gasteiger partial charge in [-0.2, -0.15) is 0 Å². The van der Waals surface area contributed by atoms with E-state index in [-0.39, 0.29) is 12.4 Å². The Morgan fingerprint density at radius 1 is 1.07 bits per heavy atom. The first-order chi connectivity index (χ1) is 12.8. The Bertz CT molecular complexity index is 641. The summed E-state index contributed by atoms with van der Waals surface area (Å²) in [6.07, 6.45) is 7.59. The van der Waals surface area contributed by atoms with Gasteiger partial charge in [-0.25, -0.2) is 4.98 Å². The zero-order valence-corrected chi connectivity index (χ0v) is 17.3. The van der Waals surface area contributed by atoms with Crippen LogP contribution in [0, 0.1) is 0 Å². The van der Waals surface area contributed by atoms with Gasteiger partial charge in [-0.3, -0.25) is 9.88 Å². The minimum atomic E-state index is 0. The van der Waals surface area contributed by atoms with Crippen LogP contribution in [0.15, 0.2) is 42.7 Å². The fraction of sp³-hybridized carbons (Fsp3) is 0.524. The van der Waals surface area contributed by atoms with Crippen molar-refractivity contribution in [2.75, 3.05) is 31.6 Å². The van der Waals surface area contributed by atoms with Crippen molar-refractivity contribution in [2.45, 2.75) is 45.3 Å². The summed E-state index contributed by atoms with van der Waals surface area (Å²) in [4.78, 5) is 13.9. The monoisotopic (exact) mass is 389 g/mol. The van der Waals surface area contributed by atoms with Crippen LogP contribution in [0.1, 0.15) is 37.4 Å². The van der Waals surface area contributed by atoms with Crippen LogP contribution in [0.2, 0.25) is 0 Å². The van der Waals surface area contributed by atoms with E-state index in [4.69, 9.17) is 0 Å². The van der Waals surface area contributed by atoms with Crippen LogP contribution in [0.25, 0.3) is 0 Å². The third-order valence-corrected chi connectivity index (χ3v) is 5.21. The lowest BCUT2D eigenvalue weighted by Crippen LogP contribution is -2.35. The molecule has 148 valence electrons. The van der Waals surface area contributed by atoms with Crippen LogP contribution in [-0.4, -0.2) is 47.6 Å². The van der Waals surface area contributed by atoms with Crippen molar-refractivity contribution in [3.8, 4) is 0 Å². The lowest BCUT2D eigenvalue weighted by Gasteiger charge is -2.31. The molecule has 1 aliphatic rings. The first-order valence-electron chi connectivity index (χ1n) is 9.77. The van der Waals surface area contributed by atoms with Crippen LogP contribution in [0.5, 0.6) is 0 Å². The SMILES string of the molecule is CCN(C)c1ccc(CN(Cc2ccccn2)C2CCCNCC2)cn1.Cl. The molecular weight excluding hydrogens is 358 g/mol. The number of rotatable bonds is 7. The Kier molecular flexibility index (Phi) is 8.98. The van der Waals surface area contributed by atoms with Gasteiger partial charge in [-0.1, -0.05) is 12.1 Å². The van der Waals surface area contributed by atoms with Crippen LogP contribution >= 0.6 is 12.4 Å². The van der Waals surface area contributed by atoms with Gasteiger partial charge in [0.25, 0.3) is 0 Å². The Balaban J connectivity index is 0.00000261. The van der Waals surface area contributed by atoms with Gasteiger partial charge in [0.15, 0.2) is 0 Å². The maximum Gasteiger partial charge on any atom is 0.128 e. The lowest BCUT2D eigenvalue weighted by atomic mass is 10.1. The van der Waals surface area contributed by atoms with Crippen LogP contribution in [-0.2, 0) is 13.1 Å². The molecule has 0 radical (unpaired) electrons. The number of halogens is 1. The summed E-state index contributed by atoms with van der Waals surface area (Å²) in [5.74, 6) is 1.03. The molecule has 1 fully saturated rings. The summed E-state index contributed by atoms with van der Waals surface area (Å²) in [7, 11) is 2.08. The Morgan fingerprint density at radius 3 is 2.67 bits per heavy atom. The standard InChI is InChI=1S/C21H31N5.ClH/c1-3-25(2)21-10-9-18(15-24-21)16-26(17-19-7-4-5-13-23-19)20-8-6-12-22-14-11-20;/h4-5,7,9-10,13,15,20,22H,3,6,8,11-12,14,16-17H2,1-2H3;1H. The largest absolute Gasteiger partial charge is 0.360 e. The van der Waals surface area contributed by atoms with Crippen molar-refractivity contribution >= 4 is 18.2 Å². The molecule has 1 atom stereocenters. The lowest BCUT2D eigenvalue weighted by molar-refractivity contribution is 0.162. The van der Waals surface area contributed by atoms with Gasteiger partial charge in [0.2, 0.25) is 0 Å². The molecule has 3 rings (SSSR count). The smallest absolute Gasteiger partial charge is 0.128 e. The second-order valence-electron chi connectivity index (χ2n) is 7.10. The highest BCUT2D eigenvalue weighted by Crippen LogP contribution is 2.20. The van der Waals surface area contributed by atoms with E-state index in [1.54, 1.807) is 0 Å². The zero-order chi connectivity index (χ0) is 18.2. The molecule has 1 saturated heterocycles. The molecule has 0 aliphatic carbocycles. The fourth-order valence-corrected chi connectivity index (χ4v) is 3.51. The zero-order valence-electron chi connectivity index (χ0n) is 16.5. The van der Waals surface area contributed by atoms with E-state index in [0.717, 1.165) is 44.2 Å². The summed E-state index contributed by atoms with van der Waals surface area (Å²) in [5, 5.41) is 3.53. The molecule has 5 nitrogen and oxygen atoms in total. The van der Waals surface area contributed by atoms with Crippen molar-refractivity contribution < 1.29 is 0 Å². The minimum absolute atomic E-state index is 0. The molecule has 0 saturated carbocycles. The highest BCUT2D eigenvalue weighted by Gasteiger charge is 2.21. The summed E-state index contributed by atoms with van der Waals surface area (Å²) >= 11 is 0. The predicted octanol–water partition coefficient (Wildman–Crippen LogP) is 3.50. The van der Waals surface area contributed by atoms with Gasteiger partial charge in [-0.05, 0) is 63.0 Å². The van der Waals surface area contributed by atoms with Gasteiger partial charge < -0.3 is 10.2 Å². The van der Waals surface area contributed by atoms with Gasteiger partial charge >= 0.3 is 0 Å². The Labute approximate surface area is 169 Å². The van der Waals surface area contributed by atoms with Crippen molar-refractivity contribution in [3.05, 3.63) is 54.0 Å². The number of hydrogen-bond donors (Lipinski definition) is 1. The van der Waals surface area contributed by atoms with Gasteiger partial charge in [0.1, 0.15) is 5.82 Å². The van der Waals surface area contributed by atoms with Gasteiger partial charge in [-0.15, -0.1) is 12.4 Å². The van der Waals surface area contributed by atoms with E-state index in [0.29, 0.717) is 6.04 Å². The molecule has 2 aromatic rings. The maximum atomic E-state index is 4.64. The highest BCUT2D eigenvalue weighted by molar-refractivity contribution is 5.85. The molecule has 27 heavy (non-hydrogen) atoms.